The molecule has 1 saturated heterocycles. The second kappa shape index (κ2) is 19.7. The highest BCUT2D eigenvalue weighted by Crippen LogP contribution is 2.17. The van der Waals surface area contributed by atoms with Crippen LogP contribution in [0.2, 0.25) is 0 Å². The summed E-state index contributed by atoms with van der Waals surface area (Å²) in [5, 5.41) is 0. The lowest BCUT2D eigenvalue weighted by molar-refractivity contribution is -0.149. The quantitative estimate of drug-likeness (QED) is 0.190. The van der Waals surface area contributed by atoms with E-state index in [1.54, 1.807) is 11.8 Å². The van der Waals surface area contributed by atoms with Gasteiger partial charge < -0.3 is 42.8 Å². The van der Waals surface area contributed by atoms with Gasteiger partial charge in [-0.15, -0.1) is 0 Å². The standard InChI is InChI=1S/C24H45NO10/c1-5-33-22(26)20-32-17-16-30-13-12-28-10-11-29-14-15-31-18-19-34-21-6-8-25(9-7-21)23(27)35-24(2,3)4/h21H,5-20H2,1-4H3. The SMILES string of the molecule is CCOC(=O)COCCOCCOCCOCCOCCOC1CCN(C(=O)OC(C)(C)C)CC1. The van der Waals surface area contributed by atoms with Crippen molar-refractivity contribution in [2.45, 2.75) is 52.2 Å². The van der Waals surface area contributed by atoms with Gasteiger partial charge in [-0.3, -0.25) is 0 Å². The first-order valence-electron chi connectivity index (χ1n) is 12.5. The van der Waals surface area contributed by atoms with Crippen LogP contribution < -0.4 is 0 Å². The summed E-state index contributed by atoms with van der Waals surface area (Å²) >= 11 is 0. The minimum Gasteiger partial charge on any atom is -0.464 e. The Morgan fingerprint density at radius 1 is 0.743 bits per heavy atom. The molecule has 1 rings (SSSR count). The van der Waals surface area contributed by atoms with E-state index in [1.807, 2.05) is 20.8 Å². The summed E-state index contributed by atoms with van der Waals surface area (Å²) in [6.45, 7) is 13.6. The van der Waals surface area contributed by atoms with E-state index < -0.39 is 5.60 Å². The molecule has 1 aliphatic heterocycles. The van der Waals surface area contributed by atoms with Crippen molar-refractivity contribution >= 4 is 12.1 Å². The molecule has 0 bridgehead atoms. The summed E-state index contributed by atoms with van der Waals surface area (Å²) in [4.78, 5) is 24.9. The largest absolute Gasteiger partial charge is 0.464 e. The number of likely N-dealkylation sites (tertiary alicyclic amines) is 1. The average Bonchev–Trinajstić information content (AvgIpc) is 2.80. The van der Waals surface area contributed by atoms with Gasteiger partial charge in [0, 0.05) is 13.1 Å². The molecule has 0 N–H and O–H groups in total. The number of carbonyl (C=O) groups excluding carboxylic acids is 2. The van der Waals surface area contributed by atoms with Crippen molar-refractivity contribution in [3.05, 3.63) is 0 Å². The number of piperidine rings is 1. The molecule has 0 spiro atoms. The molecule has 0 saturated carbocycles. The summed E-state index contributed by atoms with van der Waals surface area (Å²) in [6, 6.07) is 0. The smallest absolute Gasteiger partial charge is 0.410 e. The van der Waals surface area contributed by atoms with E-state index in [4.69, 9.17) is 37.9 Å². The van der Waals surface area contributed by atoms with Gasteiger partial charge >= 0.3 is 12.1 Å². The van der Waals surface area contributed by atoms with Crippen molar-refractivity contribution in [3.8, 4) is 0 Å². The van der Waals surface area contributed by atoms with E-state index in [9.17, 15) is 9.59 Å². The van der Waals surface area contributed by atoms with E-state index in [0.29, 0.717) is 85.8 Å². The number of carbonyl (C=O) groups is 2. The van der Waals surface area contributed by atoms with Crippen LogP contribution in [0.4, 0.5) is 4.79 Å². The van der Waals surface area contributed by atoms with Gasteiger partial charge in [-0.2, -0.15) is 0 Å². The molecule has 35 heavy (non-hydrogen) atoms. The Morgan fingerprint density at radius 2 is 1.20 bits per heavy atom. The molecule has 0 aromatic carbocycles. The molecule has 0 aliphatic carbocycles. The number of hydrogen-bond donors (Lipinski definition) is 0. The zero-order chi connectivity index (χ0) is 25.8. The maximum Gasteiger partial charge on any atom is 0.410 e. The third-order valence-corrected chi connectivity index (χ3v) is 4.69. The zero-order valence-corrected chi connectivity index (χ0v) is 21.9. The molecule has 1 aliphatic rings. The molecule has 11 nitrogen and oxygen atoms in total. The molecular formula is C24H45NO10. The summed E-state index contributed by atoms with van der Waals surface area (Å²) in [5.74, 6) is -0.372. The van der Waals surface area contributed by atoms with E-state index >= 15 is 0 Å². The third-order valence-electron chi connectivity index (χ3n) is 4.69. The van der Waals surface area contributed by atoms with Crippen molar-refractivity contribution in [3.63, 3.8) is 0 Å². The van der Waals surface area contributed by atoms with Crippen molar-refractivity contribution < 1.29 is 47.5 Å². The van der Waals surface area contributed by atoms with Gasteiger partial charge in [0.05, 0.1) is 78.8 Å². The Kier molecular flexibility index (Phi) is 17.7. The molecule has 1 amide bonds. The molecule has 1 heterocycles. The van der Waals surface area contributed by atoms with E-state index in [-0.39, 0.29) is 24.8 Å². The molecule has 0 unspecified atom stereocenters. The highest BCUT2D eigenvalue weighted by Gasteiger charge is 2.27. The predicted molar refractivity (Wildman–Crippen MR) is 128 cm³/mol. The van der Waals surface area contributed by atoms with Crippen LogP contribution in [-0.2, 0) is 42.7 Å². The van der Waals surface area contributed by atoms with Gasteiger partial charge in [-0.1, -0.05) is 0 Å². The van der Waals surface area contributed by atoms with Gasteiger partial charge in [-0.25, -0.2) is 9.59 Å². The van der Waals surface area contributed by atoms with Crippen LogP contribution in [0.25, 0.3) is 0 Å². The van der Waals surface area contributed by atoms with Crippen LogP contribution in [0, 0.1) is 0 Å². The lowest BCUT2D eigenvalue weighted by atomic mass is 10.1. The van der Waals surface area contributed by atoms with E-state index in [2.05, 4.69) is 0 Å². The minimum absolute atomic E-state index is 0.0570. The molecule has 0 aromatic rings. The van der Waals surface area contributed by atoms with Gasteiger partial charge in [0.2, 0.25) is 0 Å². The zero-order valence-electron chi connectivity index (χ0n) is 21.9. The number of nitrogens with zero attached hydrogens (tertiary/aromatic N) is 1. The maximum absolute atomic E-state index is 12.1. The normalized spacial score (nSPS) is 14.8. The monoisotopic (exact) mass is 507 g/mol. The second-order valence-corrected chi connectivity index (χ2v) is 8.84. The minimum atomic E-state index is -0.474. The van der Waals surface area contributed by atoms with Crippen molar-refractivity contribution in [1.29, 1.82) is 0 Å². The third kappa shape index (κ3) is 18.4. The van der Waals surface area contributed by atoms with Crippen molar-refractivity contribution in [2.75, 3.05) is 92.4 Å². The van der Waals surface area contributed by atoms with Crippen LogP contribution >= 0.6 is 0 Å². The summed E-state index contributed by atoms with van der Waals surface area (Å²) in [7, 11) is 0. The molecule has 0 atom stereocenters. The first-order valence-corrected chi connectivity index (χ1v) is 12.5. The number of hydrogen-bond acceptors (Lipinski definition) is 10. The fraction of sp³-hybridized carbons (Fsp3) is 0.917. The number of rotatable bonds is 19. The second-order valence-electron chi connectivity index (χ2n) is 8.84. The van der Waals surface area contributed by atoms with Crippen LogP contribution in [0.1, 0.15) is 40.5 Å². The highest BCUT2D eigenvalue weighted by molar-refractivity contribution is 5.70. The number of ether oxygens (including phenoxy) is 8. The lowest BCUT2D eigenvalue weighted by Gasteiger charge is -2.33. The first kappa shape index (κ1) is 31.5. The molecular weight excluding hydrogens is 462 g/mol. The van der Waals surface area contributed by atoms with Gasteiger partial charge in [0.1, 0.15) is 12.2 Å². The number of amides is 1. The summed E-state index contributed by atoms with van der Waals surface area (Å²) in [6.07, 6.45) is 1.49. The fourth-order valence-corrected chi connectivity index (χ4v) is 3.04. The predicted octanol–water partition coefficient (Wildman–Crippen LogP) is 2.05. The fourth-order valence-electron chi connectivity index (χ4n) is 3.04. The van der Waals surface area contributed by atoms with Gasteiger partial charge in [0.25, 0.3) is 0 Å². The Labute approximate surface area is 209 Å². The number of esters is 1. The summed E-state index contributed by atoms with van der Waals surface area (Å²) in [5.41, 5.74) is -0.474. The Bertz CT molecular complexity index is 547. The van der Waals surface area contributed by atoms with E-state index in [1.165, 1.54) is 0 Å². The maximum atomic E-state index is 12.1. The highest BCUT2D eigenvalue weighted by atomic mass is 16.6. The van der Waals surface area contributed by atoms with Gasteiger partial charge in [0.15, 0.2) is 0 Å². The summed E-state index contributed by atoms with van der Waals surface area (Å²) < 4.78 is 42.8. The average molecular weight is 508 g/mol. The molecule has 206 valence electrons. The first-order chi connectivity index (χ1) is 16.8. The Balaban J connectivity index is 1.79. The Morgan fingerprint density at radius 3 is 1.66 bits per heavy atom. The molecule has 0 radical (unpaired) electrons. The molecule has 0 aromatic heterocycles. The topological polar surface area (TPSA) is 111 Å². The van der Waals surface area contributed by atoms with Crippen molar-refractivity contribution in [1.82, 2.24) is 4.90 Å². The van der Waals surface area contributed by atoms with Crippen LogP contribution in [-0.4, -0.2) is 121 Å². The Hall–Kier alpha value is -1.50. The van der Waals surface area contributed by atoms with Gasteiger partial charge in [-0.05, 0) is 40.5 Å². The van der Waals surface area contributed by atoms with Crippen molar-refractivity contribution in [2.24, 2.45) is 0 Å². The molecule has 1 fully saturated rings. The van der Waals surface area contributed by atoms with Crippen LogP contribution in [0.5, 0.6) is 0 Å². The van der Waals surface area contributed by atoms with Crippen LogP contribution in [0.15, 0.2) is 0 Å². The lowest BCUT2D eigenvalue weighted by Crippen LogP contribution is -2.43. The van der Waals surface area contributed by atoms with Crippen LogP contribution in [0.3, 0.4) is 0 Å². The van der Waals surface area contributed by atoms with E-state index in [0.717, 1.165) is 12.8 Å². The molecule has 11 heteroatoms.